The maximum atomic E-state index is 12.4. The molecule has 134 valence electrons. The number of esters is 1. The van der Waals surface area contributed by atoms with Crippen LogP contribution < -0.4 is 10.1 Å². The van der Waals surface area contributed by atoms with Gasteiger partial charge in [0.05, 0.1) is 17.7 Å². The number of phenols is 1. The molecule has 3 rings (SSSR count). The van der Waals surface area contributed by atoms with Crippen LogP contribution in [0.3, 0.4) is 0 Å². The molecule has 0 fully saturated rings. The fourth-order valence-corrected chi connectivity index (χ4v) is 3.06. The average molecular weight is 347 g/mol. The molecule has 0 aliphatic carbocycles. The number of hydrogen-bond donors (Lipinski definition) is 3. The number of amides is 1. The van der Waals surface area contributed by atoms with Crippen LogP contribution in [-0.4, -0.2) is 34.3 Å². The predicted octanol–water partition coefficient (Wildman–Crippen LogP) is 2.04. The first-order valence-electron chi connectivity index (χ1n) is 8.21. The van der Waals surface area contributed by atoms with Gasteiger partial charge in [-0.25, -0.2) is 0 Å². The van der Waals surface area contributed by atoms with E-state index < -0.39 is 24.1 Å². The topological polar surface area (TPSA) is 105 Å². The third-order valence-corrected chi connectivity index (χ3v) is 4.45. The molecule has 2 aliphatic rings. The minimum absolute atomic E-state index is 0.0770. The zero-order valence-corrected chi connectivity index (χ0v) is 14.1. The first kappa shape index (κ1) is 17.3. The molecule has 0 saturated carbocycles. The van der Waals surface area contributed by atoms with Gasteiger partial charge in [0.1, 0.15) is 18.0 Å². The van der Waals surface area contributed by atoms with Crippen LogP contribution in [0.5, 0.6) is 11.5 Å². The second kappa shape index (κ2) is 6.76. The molecule has 1 aromatic carbocycles. The minimum Gasteiger partial charge on any atom is -0.508 e. The van der Waals surface area contributed by atoms with Crippen molar-refractivity contribution in [2.24, 2.45) is 5.92 Å². The number of anilines is 1. The van der Waals surface area contributed by atoms with Gasteiger partial charge in [0.15, 0.2) is 5.75 Å². The number of benzene rings is 1. The summed E-state index contributed by atoms with van der Waals surface area (Å²) in [5.74, 6) is -1.17. The van der Waals surface area contributed by atoms with E-state index in [1.807, 2.05) is 0 Å². The molecular weight excluding hydrogens is 326 g/mol. The van der Waals surface area contributed by atoms with Crippen LogP contribution in [-0.2, 0) is 14.3 Å². The van der Waals surface area contributed by atoms with Gasteiger partial charge in [-0.2, -0.15) is 0 Å². The molecule has 2 aliphatic heterocycles. The maximum Gasteiger partial charge on any atom is 0.303 e. The molecule has 7 heteroatoms. The molecule has 2 heterocycles. The molecule has 0 unspecified atom stereocenters. The highest BCUT2D eigenvalue weighted by atomic mass is 16.6. The zero-order chi connectivity index (χ0) is 18.1. The molecule has 1 aromatic rings. The van der Waals surface area contributed by atoms with Crippen LogP contribution in [0.25, 0.3) is 0 Å². The van der Waals surface area contributed by atoms with Gasteiger partial charge in [0.25, 0.3) is 0 Å². The summed E-state index contributed by atoms with van der Waals surface area (Å²) in [6.07, 6.45) is 2.44. The zero-order valence-electron chi connectivity index (χ0n) is 14.1. The number of phenolic OH excluding ortho intramolecular Hbond substituents is 1. The van der Waals surface area contributed by atoms with Gasteiger partial charge in [-0.05, 0) is 18.6 Å². The van der Waals surface area contributed by atoms with Crippen LogP contribution >= 0.6 is 0 Å². The van der Waals surface area contributed by atoms with Gasteiger partial charge >= 0.3 is 5.97 Å². The van der Waals surface area contributed by atoms with Crippen molar-refractivity contribution in [3.8, 4) is 11.5 Å². The molecular formula is C18H21NO6. The summed E-state index contributed by atoms with van der Waals surface area (Å²) < 4.78 is 11.3. The lowest BCUT2D eigenvalue weighted by atomic mass is 9.97. The number of hydrogen-bond acceptors (Lipinski definition) is 6. The lowest BCUT2D eigenvalue weighted by Crippen LogP contribution is -2.30. The van der Waals surface area contributed by atoms with E-state index in [-0.39, 0.29) is 23.4 Å². The molecule has 3 N–H and O–H groups in total. The predicted molar refractivity (Wildman–Crippen MR) is 89.2 cm³/mol. The molecule has 0 saturated heterocycles. The van der Waals surface area contributed by atoms with Gasteiger partial charge in [-0.3, -0.25) is 9.59 Å². The molecule has 1 amide bonds. The van der Waals surface area contributed by atoms with Crippen molar-refractivity contribution in [3.63, 3.8) is 0 Å². The Morgan fingerprint density at radius 1 is 1.40 bits per heavy atom. The summed E-state index contributed by atoms with van der Waals surface area (Å²) in [5.41, 5.74) is 0.791. The number of carbonyl (C=O) groups is 2. The molecule has 4 atom stereocenters. The van der Waals surface area contributed by atoms with E-state index in [1.165, 1.54) is 19.1 Å². The highest BCUT2D eigenvalue weighted by Gasteiger charge is 2.33. The van der Waals surface area contributed by atoms with E-state index in [9.17, 15) is 19.8 Å². The van der Waals surface area contributed by atoms with Crippen molar-refractivity contribution < 1.29 is 29.3 Å². The Labute approximate surface area is 145 Å². The van der Waals surface area contributed by atoms with Crippen molar-refractivity contribution in [2.45, 2.75) is 45.0 Å². The van der Waals surface area contributed by atoms with E-state index >= 15 is 0 Å². The number of aromatic hydroxyl groups is 1. The summed E-state index contributed by atoms with van der Waals surface area (Å²) >= 11 is 0. The molecule has 2 bridgehead atoms. The van der Waals surface area contributed by atoms with E-state index in [0.29, 0.717) is 24.2 Å². The summed E-state index contributed by atoms with van der Waals surface area (Å²) in [4.78, 5) is 23.8. The van der Waals surface area contributed by atoms with Gasteiger partial charge in [-0.15, -0.1) is 0 Å². The Balaban J connectivity index is 2.09. The highest BCUT2D eigenvalue weighted by molar-refractivity contribution is 5.94. The average Bonchev–Trinajstić information content (AvgIpc) is 2.55. The van der Waals surface area contributed by atoms with Gasteiger partial charge < -0.3 is 25.0 Å². The Hall–Kier alpha value is -2.54. The van der Waals surface area contributed by atoms with Crippen molar-refractivity contribution >= 4 is 17.6 Å². The van der Waals surface area contributed by atoms with Crippen molar-refractivity contribution in [3.05, 3.63) is 29.8 Å². The number of aliphatic hydroxyl groups excluding tert-OH is 1. The van der Waals surface area contributed by atoms with E-state index in [1.54, 1.807) is 19.1 Å². The SMILES string of the molecule is CC(=O)O[C@@H]1C[C@H]2C=CC[C@@H](O)[C@@H](C)C(=O)Nc3cc(O)cc1c3O2. The standard InChI is InChI=1S/C18H21NO6/c1-9-15(22)5-3-4-12-8-16(24-10(2)20)13-6-11(21)7-14(17(13)25-12)19-18(9)23/h3-4,6-7,9,12,15-16,21-22H,5,8H2,1-2H3,(H,19,23)/t9-,12-,15-,16-/m1/s1. The van der Waals surface area contributed by atoms with Crippen LogP contribution in [0.2, 0.25) is 0 Å². The minimum atomic E-state index is -0.833. The van der Waals surface area contributed by atoms with E-state index in [2.05, 4.69) is 5.32 Å². The van der Waals surface area contributed by atoms with Crippen LogP contribution in [0.1, 0.15) is 38.4 Å². The number of carbonyl (C=O) groups excluding carboxylic acids is 2. The van der Waals surface area contributed by atoms with E-state index in [4.69, 9.17) is 9.47 Å². The first-order chi connectivity index (χ1) is 11.8. The fourth-order valence-electron chi connectivity index (χ4n) is 3.06. The number of aliphatic hydroxyl groups is 1. The van der Waals surface area contributed by atoms with E-state index in [0.717, 1.165) is 0 Å². The molecule has 25 heavy (non-hydrogen) atoms. The summed E-state index contributed by atoms with van der Waals surface area (Å²) in [6, 6.07) is 2.85. The summed E-state index contributed by atoms with van der Waals surface area (Å²) in [6.45, 7) is 2.95. The smallest absolute Gasteiger partial charge is 0.303 e. The lowest BCUT2D eigenvalue weighted by molar-refractivity contribution is -0.148. The molecule has 0 spiro atoms. The van der Waals surface area contributed by atoms with Crippen LogP contribution in [0.15, 0.2) is 24.3 Å². The molecule has 0 radical (unpaired) electrons. The molecule has 7 nitrogen and oxygen atoms in total. The largest absolute Gasteiger partial charge is 0.508 e. The second-order valence-corrected chi connectivity index (χ2v) is 6.41. The third kappa shape index (κ3) is 3.61. The van der Waals surface area contributed by atoms with Gasteiger partial charge in [0, 0.05) is 25.0 Å². The van der Waals surface area contributed by atoms with Crippen molar-refractivity contribution in [1.29, 1.82) is 0 Å². The number of nitrogens with one attached hydrogen (secondary N) is 1. The number of ether oxygens (including phenoxy) is 2. The van der Waals surface area contributed by atoms with Crippen molar-refractivity contribution in [1.82, 2.24) is 0 Å². The Bertz CT molecular complexity index is 729. The first-order valence-corrected chi connectivity index (χ1v) is 8.21. The Kier molecular flexibility index (Phi) is 4.67. The van der Waals surface area contributed by atoms with Crippen molar-refractivity contribution in [2.75, 3.05) is 5.32 Å². The number of fused-ring (bicyclic) bond motifs is 1. The number of rotatable bonds is 1. The lowest BCUT2D eigenvalue weighted by Gasteiger charge is -2.32. The maximum absolute atomic E-state index is 12.4. The normalized spacial score (nSPS) is 28.4. The Morgan fingerprint density at radius 3 is 2.88 bits per heavy atom. The highest BCUT2D eigenvalue weighted by Crippen LogP contribution is 2.45. The second-order valence-electron chi connectivity index (χ2n) is 6.41. The Morgan fingerprint density at radius 2 is 2.16 bits per heavy atom. The van der Waals surface area contributed by atoms with Crippen LogP contribution in [0.4, 0.5) is 5.69 Å². The third-order valence-electron chi connectivity index (χ3n) is 4.45. The van der Waals surface area contributed by atoms with Crippen LogP contribution in [0, 0.1) is 5.92 Å². The van der Waals surface area contributed by atoms with Gasteiger partial charge in [0.2, 0.25) is 5.91 Å². The fraction of sp³-hybridized carbons (Fsp3) is 0.444. The summed E-state index contributed by atoms with van der Waals surface area (Å²) in [5, 5.41) is 22.8. The molecule has 0 aromatic heterocycles. The monoisotopic (exact) mass is 347 g/mol. The van der Waals surface area contributed by atoms with Gasteiger partial charge in [-0.1, -0.05) is 13.0 Å². The summed E-state index contributed by atoms with van der Waals surface area (Å²) in [7, 11) is 0. The quantitative estimate of drug-likeness (QED) is 0.530.